The molecule has 7 heteroatoms. The van der Waals surface area contributed by atoms with E-state index in [1.54, 1.807) is 11.8 Å². The largest absolute Gasteiger partial charge is 0.476 e. The standard InChI is InChI=1S/C10H17N3O4/c1-4-7(5-16-2)13-8(6-17-3)9(10(14)15)11-12-13/h7H,4-6H2,1-3H3,(H,14,15). The molecule has 0 radical (unpaired) electrons. The van der Waals surface area contributed by atoms with Crippen LogP contribution in [-0.2, 0) is 16.1 Å². The zero-order valence-electron chi connectivity index (χ0n) is 10.2. The third-order valence-corrected chi connectivity index (χ3v) is 2.45. The Morgan fingerprint density at radius 3 is 2.65 bits per heavy atom. The van der Waals surface area contributed by atoms with Crippen molar-refractivity contribution in [3.8, 4) is 0 Å². The molecule has 1 N–H and O–H groups in total. The van der Waals surface area contributed by atoms with Gasteiger partial charge < -0.3 is 14.6 Å². The fourth-order valence-electron chi connectivity index (χ4n) is 1.60. The number of methoxy groups -OCH3 is 2. The van der Waals surface area contributed by atoms with Crippen molar-refractivity contribution in [1.29, 1.82) is 0 Å². The second kappa shape index (κ2) is 6.31. The normalized spacial score (nSPS) is 12.6. The molecule has 0 aliphatic heterocycles. The van der Waals surface area contributed by atoms with E-state index in [1.807, 2.05) is 6.92 Å². The number of nitrogens with zero attached hydrogens (tertiary/aromatic N) is 3. The second-order valence-electron chi connectivity index (χ2n) is 3.58. The number of carbonyl (C=O) groups is 1. The predicted octanol–water partition coefficient (Wildman–Crippen LogP) is 0.720. The van der Waals surface area contributed by atoms with E-state index < -0.39 is 5.97 Å². The zero-order valence-corrected chi connectivity index (χ0v) is 10.2. The minimum absolute atomic E-state index is 0.0363. The molecule has 0 fully saturated rings. The highest BCUT2D eigenvalue weighted by molar-refractivity contribution is 5.86. The number of hydrogen-bond donors (Lipinski definition) is 1. The van der Waals surface area contributed by atoms with Crippen LogP contribution in [0.4, 0.5) is 0 Å². The lowest BCUT2D eigenvalue weighted by molar-refractivity contribution is 0.0684. The van der Waals surface area contributed by atoms with Crippen LogP contribution >= 0.6 is 0 Å². The van der Waals surface area contributed by atoms with Crippen LogP contribution < -0.4 is 0 Å². The molecule has 0 aromatic carbocycles. The van der Waals surface area contributed by atoms with Gasteiger partial charge in [0.15, 0.2) is 5.69 Å². The third kappa shape index (κ3) is 3.01. The molecule has 1 aromatic rings. The van der Waals surface area contributed by atoms with Gasteiger partial charge in [-0.1, -0.05) is 12.1 Å². The van der Waals surface area contributed by atoms with Crippen molar-refractivity contribution >= 4 is 5.97 Å². The van der Waals surface area contributed by atoms with E-state index in [1.165, 1.54) is 7.11 Å². The molecule has 0 amide bonds. The Kier molecular flexibility index (Phi) is 5.05. The molecular formula is C10H17N3O4. The summed E-state index contributed by atoms with van der Waals surface area (Å²) in [6, 6.07) is -0.0363. The summed E-state index contributed by atoms with van der Waals surface area (Å²) in [5, 5.41) is 16.5. The number of ether oxygens (including phenoxy) is 2. The van der Waals surface area contributed by atoms with Gasteiger partial charge in [-0.15, -0.1) is 5.10 Å². The van der Waals surface area contributed by atoms with Crippen LogP contribution in [0.2, 0.25) is 0 Å². The van der Waals surface area contributed by atoms with Crippen LogP contribution in [0.15, 0.2) is 0 Å². The van der Waals surface area contributed by atoms with Crippen molar-refractivity contribution in [3.05, 3.63) is 11.4 Å². The summed E-state index contributed by atoms with van der Waals surface area (Å²) < 4.78 is 11.6. The van der Waals surface area contributed by atoms with E-state index in [4.69, 9.17) is 14.6 Å². The maximum absolute atomic E-state index is 11.0. The van der Waals surface area contributed by atoms with Crippen molar-refractivity contribution in [2.45, 2.75) is 26.0 Å². The van der Waals surface area contributed by atoms with Crippen LogP contribution in [0.1, 0.15) is 35.6 Å². The number of carboxylic acid groups (broad SMARTS) is 1. The Bertz CT molecular complexity index is 378. The molecule has 17 heavy (non-hydrogen) atoms. The van der Waals surface area contributed by atoms with Crippen LogP contribution in [0, 0.1) is 0 Å². The smallest absolute Gasteiger partial charge is 0.358 e. The van der Waals surface area contributed by atoms with Gasteiger partial charge >= 0.3 is 5.97 Å². The fraction of sp³-hybridized carbons (Fsp3) is 0.700. The molecule has 1 rings (SSSR count). The van der Waals surface area contributed by atoms with Gasteiger partial charge in [-0.05, 0) is 6.42 Å². The SMILES string of the molecule is CCC(COC)n1nnc(C(=O)O)c1COC. The van der Waals surface area contributed by atoms with Crippen LogP contribution in [0.25, 0.3) is 0 Å². The van der Waals surface area contributed by atoms with Gasteiger partial charge in [-0.25, -0.2) is 9.48 Å². The predicted molar refractivity (Wildman–Crippen MR) is 58.9 cm³/mol. The molecule has 0 saturated carbocycles. The van der Waals surface area contributed by atoms with E-state index in [-0.39, 0.29) is 18.3 Å². The average molecular weight is 243 g/mol. The second-order valence-corrected chi connectivity index (χ2v) is 3.58. The Balaban J connectivity index is 3.09. The first-order valence-electron chi connectivity index (χ1n) is 5.30. The Hall–Kier alpha value is -1.47. The number of aromatic nitrogens is 3. The lowest BCUT2D eigenvalue weighted by Gasteiger charge is -2.16. The summed E-state index contributed by atoms with van der Waals surface area (Å²) in [5.41, 5.74) is 0.394. The van der Waals surface area contributed by atoms with Gasteiger partial charge in [0.05, 0.1) is 24.9 Å². The first kappa shape index (κ1) is 13.6. The van der Waals surface area contributed by atoms with E-state index in [0.717, 1.165) is 6.42 Å². The first-order chi connectivity index (χ1) is 8.15. The molecule has 1 unspecified atom stereocenters. The molecule has 96 valence electrons. The highest BCUT2D eigenvalue weighted by atomic mass is 16.5. The third-order valence-electron chi connectivity index (χ3n) is 2.45. The molecule has 0 aliphatic rings. The van der Waals surface area contributed by atoms with Crippen molar-refractivity contribution in [1.82, 2.24) is 15.0 Å². The van der Waals surface area contributed by atoms with Crippen molar-refractivity contribution in [3.63, 3.8) is 0 Å². The molecule has 1 heterocycles. The lowest BCUT2D eigenvalue weighted by atomic mass is 10.2. The van der Waals surface area contributed by atoms with Crippen molar-refractivity contribution in [2.24, 2.45) is 0 Å². The summed E-state index contributed by atoms with van der Waals surface area (Å²) in [4.78, 5) is 11.0. The van der Waals surface area contributed by atoms with Gasteiger partial charge in [0.2, 0.25) is 0 Å². The monoisotopic (exact) mass is 243 g/mol. The first-order valence-corrected chi connectivity index (χ1v) is 5.30. The molecule has 0 bridgehead atoms. The van der Waals surface area contributed by atoms with Gasteiger partial charge in [0, 0.05) is 14.2 Å². The molecule has 1 aromatic heterocycles. The Morgan fingerprint density at radius 2 is 2.18 bits per heavy atom. The Morgan fingerprint density at radius 1 is 1.47 bits per heavy atom. The highest BCUT2D eigenvalue weighted by Crippen LogP contribution is 2.16. The maximum Gasteiger partial charge on any atom is 0.358 e. The molecular weight excluding hydrogens is 226 g/mol. The fourth-order valence-corrected chi connectivity index (χ4v) is 1.60. The minimum atomic E-state index is -1.10. The summed E-state index contributed by atoms with van der Waals surface area (Å²) in [7, 11) is 3.09. The Labute approximate surface area is 99.3 Å². The molecule has 0 spiro atoms. The number of aromatic carboxylic acids is 1. The number of carboxylic acids is 1. The molecule has 0 aliphatic carbocycles. The summed E-state index contributed by atoms with van der Waals surface area (Å²) in [6.45, 7) is 2.59. The van der Waals surface area contributed by atoms with Crippen molar-refractivity contribution < 1.29 is 19.4 Å². The highest BCUT2D eigenvalue weighted by Gasteiger charge is 2.22. The van der Waals surface area contributed by atoms with Crippen molar-refractivity contribution in [2.75, 3.05) is 20.8 Å². The molecule has 7 nitrogen and oxygen atoms in total. The molecule has 1 atom stereocenters. The van der Waals surface area contributed by atoms with Gasteiger partial charge in [-0.2, -0.15) is 0 Å². The summed E-state index contributed by atoms with van der Waals surface area (Å²) >= 11 is 0. The molecule has 0 saturated heterocycles. The van der Waals surface area contributed by atoms with Crippen LogP contribution in [0.5, 0.6) is 0 Å². The average Bonchev–Trinajstić information content (AvgIpc) is 2.70. The van der Waals surface area contributed by atoms with E-state index in [9.17, 15) is 4.79 Å². The van der Waals surface area contributed by atoms with Crippen LogP contribution in [-0.4, -0.2) is 46.9 Å². The topological polar surface area (TPSA) is 86.5 Å². The van der Waals surface area contributed by atoms with E-state index in [2.05, 4.69) is 10.3 Å². The number of hydrogen-bond acceptors (Lipinski definition) is 5. The minimum Gasteiger partial charge on any atom is -0.476 e. The number of rotatable bonds is 7. The van der Waals surface area contributed by atoms with Gasteiger partial charge in [0.25, 0.3) is 0 Å². The summed E-state index contributed by atoms with van der Waals surface area (Å²) in [6.07, 6.45) is 0.771. The van der Waals surface area contributed by atoms with Crippen LogP contribution in [0.3, 0.4) is 0 Å². The quantitative estimate of drug-likeness (QED) is 0.759. The van der Waals surface area contributed by atoms with Gasteiger partial charge in [-0.3, -0.25) is 0 Å². The van der Waals surface area contributed by atoms with Gasteiger partial charge in [0.1, 0.15) is 0 Å². The maximum atomic E-state index is 11.0. The zero-order chi connectivity index (χ0) is 12.8. The lowest BCUT2D eigenvalue weighted by Crippen LogP contribution is -2.19. The van der Waals surface area contributed by atoms with E-state index in [0.29, 0.717) is 12.3 Å². The van der Waals surface area contributed by atoms with E-state index >= 15 is 0 Å². The summed E-state index contributed by atoms with van der Waals surface area (Å²) in [5.74, 6) is -1.10.